The molecule has 1 atom stereocenters. The maximum atomic E-state index is 12.4. The van der Waals surface area contributed by atoms with E-state index in [1.807, 2.05) is 30.5 Å². The first-order chi connectivity index (χ1) is 11.3. The van der Waals surface area contributed by atoms with Gasteiger partial charge in [0.1, 0.15) is 5.56 Å². The Balaban J connectivity index is 2.58. The average Bonchev–Trinajstić information content (AvgIpc) is 2.59. The van der Waals surface area contributed by atoms with Crippen molar-refractivity contribution in [3.05, 3.63) is 67.5 Å². The summed E-state index contributed by atoms with van der Waals surface area (Å²) in [4.78, 5) is 26.1. The summed E-state index contributed by atoms with van der Waals surface area (Å²) in [6.07, 6.45) is 1.60. The lowest BCUT2D eigenvalue weighted by Gasteiger charge is -2.22. The highest BCUT2D eigenvalue weighted by molar-refractivity contribution is 9.10. The number of halogens is 1. The Morgan fingerprint density at radius 3 is 2.38 bits per heavy atom. The van der Waals surface area contributed by atoms with Gasteiger partial charge in [-0.1, -0.05) is 12.1 Å². The summed E-state index contributed by atoms with van der Waals surface area (Å²) in [6.45, 7) is 3.81. The number of nitrogens with zero attached hydrogens (tertiary/aromatic N) is 3. The lowest BCUT2D eigenvalue weighted by molar-refractivity contribution is 0.0825. The van der Waals surface area contributed by atoms with Gasteiger partial charge in [0.25, 0.3) is 5.91 Å². The topological polar surface area (TPSA) is 66.1 Å². The molecule has 0 fully saturated rings. The Kier molecular flexibility index (Phi) is 5.25. The smallest absolute Gasteiger partial charge is 0.258 e. The molecule has 0 spiro atoms. The van der Waals surface area contributed by atoms with E-state index in [0.29, 0.717) is 10.0 Å². The number of nitriles is 1. The number of carbonyl (C=O) groups excluding carboxylic acids is 1. The molecule has 0 saturated heterocycles. The van der Waals surface area contributed by atoms with Crippen molar-refractivity contribution in [1.82, 2.24) is 9.47 Å². The highest BCUT2D eigenvalue weighted by Crippen LogP contribution is 2.23. The maximum Gasteiger partial charge on any atom is 0.258 e. The molecule has 0 bridgehead atoms. The molecule has 2 rings (SSSR count). The minimum Gasteiger partial charge on any atom is -0.345 e. The Labute approximate surface area is 149 Å². The predicted molar refractivity (Wildman–Crippen MR) is 96.1 cm³/mol. The average molecular weight is 388 g/mol. The van der Waals surface area contributed by atoms with Crippen LogP contribution in [0, 0.1) is 18.3 Å². The summed E-state index contributed by atoms with van der Waals surface area (Å²) in [7, 11) is 3.23. The molecule has 0 aliphatic heterocycles. The predicted octanol–water partition coefficient (Wildman–Crippen LogP) is 3.10. The standard InChI is InChI=1S/C18H18BrN3O2/c1-11(14-7-5-13(9-20)6-8-14)22-10-15(18(24)21(3)4)17(23)16(19)12(22)2/h5-8,10-11H,1-4H3. The van der Waals surface area contributed by atoms with Crippen LogP contribution in [0.3, 0.4) is 0 Å². The van der Waals surface area contributed by atoms with Crippen LogP contribution in [-0.2, 0) is 0 Å². The number of benzene rings is 1. The van der Waals surface area contributed by atoms with E-state index in [0.717, 1.165) is 11.3 Å². The second-order valence-corrected chi connectivity index (χ2v) is 6.58. The normalized spacial score (nSPS) is 11.7. The van der Waals surface area contributed by atoms with Gasteiger partial charge in [-0.25, -0.2) is 0 Å². The summed E-state index contributed by atoms with van der Waals surface area (Å²) in [5, 5.41) is 8.91. The van der Waals surface area contributed by atoms with E-state index >= 15 is 0 Å². The summed E-state index contributed by atoms with van der Waals surface area (Å²) in [6, 6.07) is 9.26. The molecule has 1 aromatic heterocycles. The number of amides is 1. The lowest BCUT2D eigenvalue weighted by atomic mass is 10.1. The van der Waals surface area contributed by atoms with E-state index < -0.39 is 0 Å². The number of aromatic nitrogens is 1. The van der Waals surface area contributed by atoms with Crippen LogP contribution in [0.1, 0.15) is 40.1 Å². The van der Waals surface area contributed by atoms with Gasteiger partial charge in [-0.15, -0.1) is 0 Å². The van der Waals surface area contributed by atoms with Gasteiger partial charge in [0.2, 0.25) is 5.43 Å². The molecule has 0 radical (unpaired) electrons. The lowest BCUT2D eigenvalue weighted by Crippen LogP contribution is -2.30. The van der Waals surface area contributed by atoms with E-state index in [9.17, 15) is 9.59 Å². The fraction of sp³-hybridized carbons (Fsp3) is 0.278. The molecule has 1 heterocycles. The Morgan fingerprint density at radius 1 is 1.29 bits per heavy atom. The van der Waals surface area contributed by atoms with Crippen molar-refractivity contribution < 1.29 is 4.79 Å². The molecule has 124 valence electrons. The summed E-state index contributed by atoms with van der Waals surface area (Å²) < 4.78 is 2.28. The van der Waals surface area contributed by atoms with Gasteiger partial charge in [-0.05, 0) is 47.5 Å². The van der Waals surface area contributed by atoms with Gasteiger partial charge >= 0.3 is 0 Å². The van der Waals surface area contributed by atoms with Crippen LogP contribution in [0.5, 0.6) is 0 Å². The third kappa shape index (κ3) is 3.26. The SMILES string of the molecule is Cc1c(Br)c(=O)c(C(=O)N(C)C)cn1C(C)c1ccc(C#N)cc1. The molecule has 6 heteroatoms. The van der Waals surface area contributed by atoms with Gasteiger partial charge in [0.05, 0.1) is 22.1 Å². The quantitative estimate of drug-likeness (QED) is 0.812. The third-order valence-corrected chi connectivity index (χ3v) is 4.93. The molecule has 0 N–H and O–H groups in total. The molecule has 0 aliphatic carbocycles. The fourth-order valence-electron chi connectivity index (χ4n) is 2.48. The van der Waals surface area contributed by atoms with Crippen LogP contribution >= 0.6 is 15.9 Å². The molecular weight excluding hydrogens is 370 g/mol. The van der Waals surface area contributed by atoms with Gasteiger partial charge in [0, 0.05) is 26.0 Å². The Morgan fingerprint density at radius 2 is 1.88 bits per heavy atom. The minimum atomic E-state index is -0.332. The van der Waals surface area contributed by atoms with Gasteiger partial charge < -0.3 is 9.47 Å². The van der Waals surface area contributed by atoms with E-state index in [1.54, 1.807) is 32.4 Å². The van der Waals surface area contributed by atoms with Crippen molar-refractivity contribution in [3.8, 4) is 6.07 Å². The van der Waals surface area contributed by atoms with Crippen molar-refractivity contribution >= 4 is 21.8 Å². The fourth-order valence-corrected chi connectivity index (χ4v) is 2.90. The van der Waals surface area contributed by atoms with E-state index in [4.69, 9.17) is 5.26 Å². The van der Waals surface area contributed by atoms with Crippen molar-refractivity contribution in [2.75, 3.05) is 14.1 Å². The highest BCUT2D eigenvalue weighted by Gasteiger charge is 2.20. The van der Waals surface area contributed by atoms with Crippen molar-refractivity contribution in [2.24, 2.45) is 0 Å². The van der Waals surface area contributed by atoms with Crippen molar-refractivity contribution in [3.63, 3.8) is 0 Å². The van der Waals surface area contributed by atoms with Crippen LogP contribution in [-0.4, -0.2) is 29.5 Å². The number of hydrogen-bond acceptors (Lipinski definition) is 3. The first-order valence-corrected chi connectivity index (χ1v) is 8.20. The zero-order valence-electron chi connectivity index (χ0n) is 14.0. The first-order valence-electron chi connectivity index (χ1n) is 7.40. The van der Waals surface area contributed by atoms with Crippen molar-refractivity contribution in [2.45, 2.75) is 19.9 Å². The van der Waals surface area contributed by atoms with Gasteiger partial charge in [-0.3, -0.25) is 9.59 Å². The second-order valence-electron chi connectivity index (χ2n) is 5.79. The van der Waals surface area contributed by atoms with Crippen LogP contribution in [0.4, 0.5) is 0 Å². The molecule has 0 aliphatic rings. The molecule has 1 amide bonds. The van der Waals surface area contributed by atoms with Gasteiger partial charge in [0.15, 0.2) is 0 Å². The third-order valence-electron chi connectivity index (χ3n) is 3.99. The van der Waals surface area contributed by atoms with Crippen LogP contribution in [0.2, 0.25) is 0 Å². The second kappa shape index (κ2) is 7.02. The monoisotopic (exact) mass is 387 g/mol. The summed E-state index contributed by atoms with van der Waals surface area (Å²) >= 11 is 3.31. The number of hydrogen-bond donors (Lipinski definition) is 0. The van der Waals surface area contributed by atoms with Gasteiger partial charge in [-0.2, -0.15) is 5.26 Å². The van der Waals surface area contributed by atoms with E-state index in [1.165, 1.54) is 4.90 Å². The summed E-state index contributed by atoms with van der Waals surface area (Å²) in [5.41, 5.74) is 2.13. The van der Waals surface area contributed by atoms with Crippen LogP contribution in [0.15, 0.2) is 39.7 Å². The first kappa shape index (κ1) is 18.0. The Hall–Kier alpha value is -2.39. The highest BCUT2D eigenvalue weighted by atomic mass is 79.9. The molecule has 5 nitrogen and oxygen atoms in total. The molecule has 24 heavy (non-hydrogen) atoms. The van der Waals surface area contributed by atoms with Crippen LogP contribution in [0.25, 0.3) is 0 Å². The number of pyridine rings is 1. The molecule has 2 aromatic rings. The maximum absolute atomic E-state index is 12.4. The zero-order valence-corrected chi connectivity index (χ0v) is 15.6. The summed E-state index contributed by atoms with van der Waals surface area (Å²) in [5.74, 6) is -0.332. The largest absolute Gasteiger partial charge is 0.345 e. The van der Waals surface area contributed by atoms with Crippen LogP contribution < -0.4 is 5.43 Å². The zero-order chi connectivity index (χ0) is 18.0. The number of carbonyl (C=O) groups is 1. The number of rotatable bonds is 3. The van der Waals surface area contributed by atoms with E-state index in [-0.39, 0.29) is 22.9 Å². The Bertz CT molecular complexity index is 877. The molecule has 1 aromatic carbocycles. The molecule has 1 unspecified atom stereocenters. The molecule has 0 saturated carbocycles. The van der Waals surface area contributed by atoms with E-state index in [2.05, 4.69) is 22.0 Å². The molecular formula is C18H18BrN3O2. The van der Waals surface area contributed by atoms with Crippen molar-refractivity contribution in [1.29, 1.82) is 5.26 Å². The minimum absolute atomic E-state index is 0.0941.